The summed E-state index contributed by atoms with van der Waals surface area (Å²) in [5.74, 6) is -2.33. The monoisotopic (exact) mass is 1620 g/mol. The van der Waals surface area contributed by atoms with E-state index in [1.165, 1.54) is 52.0 Å². The second-order valence-electron chi connectivity index (χ2n) is 26.4. The Balaban J connectivity index is 1.29. The van der Waals surface area contributed by atoms with Gasteiger partial charge in [0, 0.05) is 90.8 Å². The average molecular weight is 1620 g/mol. The van der Waals surface area contributed by atoms with Crippen LogP contribution in [0.3, 0.4) is 0 Å². The molecule has 0 fully saturated rings. The molecular formula is C71H93N14O22S4+. The third-order valence-electron chi connectivity index (χ3n) is 17.5. The minimum Gasteiger partial charge on any atom is -0.382 e. The molecule has 0 radical (unpaired) electrons. The number of amides is 2. The minimum absolute atomic E-state index is 0.00108. The lowest BCUT2D eigenvalue weighted by Crippen LogP contribution is -2.28. The largest absolute Gasteiger partial charge is 0.382 e. The predicted octanol–water partition coefficient (Wildman–Crippen LogP) is 6.63. The average Bonchev–Trinajstić information content (AvgIpc) is 1.59. The van der Waals surface area contributed by atoms with Crippen LogP contribution < -0.4 is 15.5 Å². The molecule has 6 aromatic rings. The molecule has 8 rings (SSSR count). The second kappa shape index (κ2) is 41.0. The molecular weight excluding hydrogens is 1530 g/mol. The number of carbonyl (C=O) groups is 2. The van der Waals surface area contributed by atoms with Gasteiger partial charge in [-0.05, 0) is 114 Å². The van der Waals surface area contributed by atoms with Crippen molar-refractivity contribution in [3.05, 3.63) is 182 Å². The van der Waals surface area contributed by atoms with Crippen molar-refractivity contribution in [2.75, 3.05) is 135 Å². The molecule has 2 aliphatic heterocycles. The fourth-order valence-corrected chi connectivity index (χ4v) is 14.3. The lowest BCUT2D eigenvalue weighted by atomic mass is 9.81. The van der Waals surface area contributed by atoms with E-state index in [2.05, 4.69) is 46.3 Å². The van der Waals surface area contributed by atoms with Gasteiger partial charge in [0.25, 0.3) is 46.4 Å². The number of nitrogens with zero attached hydrogens (tertiary/aromatic N) is 12. The highest BCUT2D eigenvalue weighted by molar-refractivity contribution is 7.86. The first-order valence-electron chi connectivity index (χ1n) is 35.1. The topological polar surface area (TPSA) is 479 Å². The summed E-state index contributed by atoms with van der Waals surface area (Å²) in [6.45, 7) is 10.8. The van der Waals surface area contributed by atoms with Gasteiger partial charge < -0.3 is 53.4 Å². The Morgan fingerprint density at radius 2 is 1.19 bits per heavy atom. The number of hydrogen-bond donors (Lipinski definition) is 6. The summed E-state index contributed by atoms with van der Waals surface area (Å²) in [4.78, 5) is 36.2. The zero-order valence-corrected chi connectivity index (χ0v) is 65.6. The number of benzene rings is 3. The zero-order chi connectivity index (χ0) is 80.4. The van der Waals surface area contributed by atoms with Crippen LogP contribution in [-0.2, 0) is 127 Å². The summed E-state index contributed by atoms with van der Waals surface area (Å²) in [7, 11) is -15.2. The number of aromatic nitrogens is 7. The summed E-state index contributed by atoms with van der Waals surface area (Å²) >= 11 is 0. The van der Waals surface area contributed by atoms with Crippen molar-refractivity contribution in [1.82, 2.24) is 40.3 Å². The number of anilines is 2. The Labute approximate surface area is 644 Å². The molecule has 0 bridgehead atoms. The van der Waals surface area contributed by atoms with E-state index >= 15 is 0 Å². The number of ether oxygens (including phenoxy) is 8. The first-order chi connectivity index (χ1) is 52.8. The van der Waals surface area contributed by atoms with Crippen LogP contribution in [0.1, 0.15) is 102 Å². The molecule has 36 nitrogen and oxygen atoms in total. The van der Waals surface area contributed by atoms with Gasteiger partial charge in [0.15, 0.2) is 5.71 Å². The number of pyridine rings is 1. The number of rotatable bonds is 48. The molecule has 5 heterocycles. The maximum Gasteiger partial charge on any atom is 0.294 e. The molecule has 0 spiro atoms. The maximum atomic E-state index is 14.9. The second-order valence-corrected chi connectivity index (χ2v) is 32.4. The van der Waals surface area contributed by atoms with Gasteiger partial charge in [-0.3, -0.25) is 32.8 Å². The molecule has 2 aliphatic rings. The number of fused-ring (bicyclic) bond motifs is 2. The van der Waals surface area contributed by atoms with Gasteiger partial charge >= 0.3 is 0 Å². The normalized spacial score (nSPS) is 14.8. The Bertz CT molecular complexity index is 4820. The molecule has 6 N–H and O–H groups in total. The van der Waals surface area contributed by atoms with Crippen LogP contribution in [0.2, 0.25) is 0 Å². The molecule has 2 amide bonds. The van der Waals surface area contributed by atoms with Gasteiger partial charge in [0.05, 0.1) is 163 Å². The van der Waals surface area contributed by atoms with E-state index in [4.69, 9.17) is 43.4 Å². The van der Waals surface area contributed by atoms with E-state index in [-0.39, 0.29) is 104 Å². The van der Waals surface area contributed by atoms with E-state index in [0.29, 0.717) is 132 Å². The predicted molar refractivity (Wildman–Crippen MR) is 406 cm³/mol. The number of hydrogen-bond acceptors (Lipinski definition) is 25. The lowest BCUT2D eigenvalue weighted by Gasteiger charge is -2.27. The minimum atomic E-state index is -4.73. The summed E-state index contributed by atoms with van der Waals surface area (Å²) < 4.78 is 189. The van der Waals surface area contributed by atoms with Gasteiger partial charge in [-0.15, -0.1) is 10.2 Å². The van der Waals surface area contributed by atoms with Crippen LogP contribution in [0.5, 0.6) is 0 Å². The van der Waals surface area contributed by atoms with Crippen molar-refractivity contribution in [3.8, 4) is 0 Å². The standard InChI is InChI=1S/C71H92N14O22S4/c1-70(2)61-41-59(110(94,95)96)17-19-63(61)84(23-9-37-108(88,89)90)65(70)13-7-11-51(12-8-14-66-71(3,4)62-42-60(111(97,98)99)18-20-64(62)85(66)24-10-38-109(91,92)93)68-53(45-82-47-57(77-80-82)49-106-35-33-104-31-29-102-27-25-100-5)39-52(69(87)73-22-21-67(86)76-56-16-15-55(74-43-56)44-75-79-72)40-54(68)46-83-48-58(78-81-83)50-107-36-34-105-32-30-103-28-26-101-6/h7-8,11-20,39-43,47-48H,9-10,21-38,44-46,49-50H2,1-6H3,(H5-,73,76,86,87,88,89,90,91,92,93,94,95,96,97,98,99)/p+1. The first kappa shape index (κ1) is 87.7. The van der Waals surface area contributed by atoms with Crippen LogP contribution in [0.25, 0.3) is 16.0 Å². The smallest absolute Gasteiger partial charge is 0.294 e. The molecule has 3 aromatic heterocycles. The van der Waals surface area contributed by atoms with Crippen LogP contribution >= 0.6 is 0 Å². The van der Waals surface area contributed by atoms with Gasteiger partial charge in [-0.25, -0.2) is 9.36 Å². The number of azide groups is 1. The van der Waals surface area contributed by atoms with Crippen LogP contribution in [0.4, 0.5) is 17.1 Å². The Morgan fingerprint density at radius 1 is 0.649 bits per heavy atom. The van der Waals surface area contributed by atoms with Gasteiger partial charge in [0.1, 0.15) is 17.9 Å². The van der Waals surface area contributed by atoms with E-state index in [1.54, 1.807) is 125 Å². The summed E-state index contributed by atoms with van der Waals surface area (Å²) in [6.07, 6.45) is 14.7. The zero-order valence-electron chi connectivity index (χ0n) is 62.3. The third-order valence-corrected chi connectivity index (χ3v) is 20.8. The van der Waals surface area contributed by atoms with E-state index in [0.717, 1.165) is 0 Å². The molecule has 111 heavy (non-hydrogen) atoms. The Morgan fingerprint density at radius 3 is 1.72 bits per heavy atom. The third kappa shape index (κ3) is 26.6. The maximum absolute atomic E-state index is 14.9. The highest BCUT2D eigenvalue weighted by Gasteiger charge is 2.45. The van der Waals surface area contributed by atoms with Crippen molar-refractivity contribution >= 4 is 80.6 Å². The molecule has 0 saturated heterocycles. The number of carbonyl (C=O) groups excluding carboxylic acids is 2. The fraction of sp³-hybridized carbons (Fsp3) is 0.465. The highest BCUT2D eigenvalue weighted by Crippen LogP contribution is 2.49. The molecule has 0 aliphatic carbocycles. The number of nitrogens with one attached hydrogen (secondary N) is 2. The summed E-state index contributed by atoms with van der Waals surface area (Å²) in [5.41, 5.74) is 13.0. The van der Waals surface area contributed by atoms with Crippen molar-refractivity contribution in [1.29, 1.82) is 0 Å². The van der Waals surface area contributed by atoms with E-state index < -0.39 is 84.4 Å². The van der Waals surface area contributed by atoms with E-state index in [9.17, 15) is 61.5 Å². The molecule has 0 saturated carbocycles. The van der Waals surface area contributed by atoms with Crippen LogP contribution in [0, 0.1) is 0 Å². The van der Waals surface area contributed by atoms with Gasteiger partial charge in [0.2, 0.25) is 11.6 Å². The molecule has 602 valence electrons. The molecule has 3 aromatic carbocycles. The quantitative estimate of drug-likeness (QED) is 0.00444. The highest BCUT2D eigenvalue weighted by atomic mass is 32.2. The fourth-order valence-electron chi connectivity index (χ4n) is 12.3. The molecule has 40 heteroatoms. The molecule has 0 unspecified atom stereocenters. The van der Waals surface area contributed by atoms with E-state index in [1.807, 2.05) is 0 Å². The molecule has 0 atom stereocenters. The van der Waals surface area contributed by atoms with Crippen molar-refractivity contribution < 1.29 is 104 Å². The van der Waals surface area contributed by atoms with Crippen molar-refractivity contribution in [3.63, 3.8) is 0 Å². The van der Waals surface area contributed by atoms with Gasteiger partial charge in [-0.2, -0.15) is 38.2 Å². The summed E-state index contributed by atoms with van der Waals surface area (Å²) in [6, 6.07) is 14.5. The van der Waals surface area contributed by atoms with Crippen LogP contribution in [-0.4, -0.2) is 234 Å². The van der Waals surface area contributed by atoms with Crippen molar-refractivity contribution in [2.24, 2.45) is 5.11 Å². The van der Waals surface area contributed by atoms with Gasteiger partial charge in [-0.1, -0.05) is 53.7 Å². The Kier molecular flexibility index (Phi) is 32.4. The lowest BCUT2D eigenvalue weighted by molar-refractivity contribution is -0.437. The SMILES string of the molecule is COCCOCCOCCOCc1cn(Cc2cc(C(=O)NCCC(=O)Nc3ccc(CN=[N+]=[N-])nc3)cc(Cn3cc(COCCOCCOCCOC)nn3)c2C(C=CC=C2N(CCCS(=O)(=O)O)c3ccc(S(=O)(=O)O)cc3C2(C)C)=CC=CC2=[N+](CCCS(=O)(=O)O)c3ccc(S(=O)(=O)O)cc3C2(C)C)nn1. The first-order valence-corrected chi connectivity index (χ1v) is 41.2. The number of methoxy groups -OCH3 is 2. The van der Waals surface area contributed by atoms with Crippen molar-refractivity contribution in [2.45, 2.75) is 100 Å². The number of allylic oxidation sites excluding steroid dienone is 8. The Hall–Kier alpha value is -8.91. The summed E-state index contributed by atoms with van der Waals surface area (Å²) in [5, 5.41) is 27.0. The van der Waals surface area contributed by atoms with Crippen LogP contribution in [0.15, 0.2) is 136 Å².